The number of rotatable bonds is 8. The second-order valence-electron chi connectivity index (χ2n) is 8.64. The fourth-order valence-electron chi connectivity index (χ4n) is 3.69. The zero-order valence-corrected chi connectivity index (χ0v) is 19.1. The second-order valence-corrected chi connectivity index (χ2v) is 8.64. The van der Waals surface area contributed by atoms with Crippen LogP contribution >= 0.6 is 0 Å². The summed E-state index contributed by atoms with van der Waals surface area (Å²) in [5.41, 5.74) is 3.27. The maximum atomic E-state index is 13.2. The first-order chi connectivity index (χ1) is 15.2. The third-order valence-electron chi connectivity index (χ3n) is 5.38. The normalized spacial score (nSPS) is 17.9. The molecule has 1 aliphatic heterocycles. The molecule has 1 heterocycles. The summed E-state index contributed by atoms with van der Waals surface area (Å²) in [4.78, 5) is 39.0. The lowest BCUT2D eigenvalue weighted by molar-refractivity contribution is -0.126. The van der Waals surface area contributed by atoms with Crippen molar-refractivity contribution in [2.45, 2.75) is 52.8 Å². The predicted molar refractivity (Wildman–Crippen MR) is 123 cm³/mol. The van der Waals surface area contributed by atoms with E-state index >= 15 is 0 Å². The van der Waals surface area contributed by atoms with Crippen molar-refractivity contribution in [1.82, 2.24) is 10.2 Å². The van der Waals surface area contributed by atoms with Gasteiger partial charge in [-0.3, -0.25) is 14.5 Å². The van der Waals surface area contributed by atoms with Gasteiger partial charge < -0.3 is 15.4 Å². The summed E-state index contributed by atoms with van der Waals surface area (Å²) in [7, 11) is 0. The Labute approximate surface area is 189 Å². The van der Waals surface area contributed by atoms with Crippen molar-refractivity contribution in [1.29, 1.82) is 0 Å². The Morgan fingerprint density at radius 2 is 1.84 bits per heavy atom. The van der Waals surface area contributed by atoms with Crippen LogP contribution in [0.2, 0.25) is 0 Å². The number of carbonyl (C=O) groups is 3. The largest absolute Gasteiger partial charge is 0.438 e. The van der Waals surface area contributed by atoms with Crippen molar-refractivity contribution >= 4 is 23.6 Å². The predicted octanol–water partition coefficient (Wildman–Crippen LogP) is 4.18. The molecule has 0 radical (unpaired) electrons. The lowest BCUT2D eigenvalue weighted by Crippen LogP contribution is -2.46. The molecule has 2 N–H and O–H groups in total. The molecule has 2 aromatic carbocycles. The maximum Gasteiger partial charge on any atom is 0.411 e. The van der Waals surface area contributed by atoms with Gasteiger partial charge in [-0.15, -0.1) is 0 Å². The summed E-state index contributed by atoms with van der Waals surface area (Å²) in [5, 5.41) is 5.70. The fraction of sp³-hybridized carbons (Fsp3) is 0.400. The summed E-state index contributed by atoms with van der Waals surface area (Å²) in [5.74, 6) is -0.00126. The van der Waals surface area contributed by atoms with Crippen LogP contribution in [0, 0.1) is 12.8 Å². The average Bonchev–Trinajstić information content (AvgIpc) is 3.05. The van der Waals surface area contributed by atoms with Gasteiger partial charge >= 0.3 is 6.09 Å². The highest BCUT2D eigenvalue weighted by Crippen LogP contribution is 2.35. The van der Waals surface area contributed by atoms with Crippen LogP contribution in [-0.4, -0.2) is 35.4 Å². The summed E-state index contributed by atoms with van der Waals surface area (Å²) in [6.07, 6.45) is -0.473. The molecule has 1 fully saturated rings. The molecule has 2 aromatic rings. The van der Waals surface area contributed by atoms with Gasteiger partial charge in [0, 0.05) is 19.2 Å². The van der Waals surface area contributed by atoms with Gasteiger partial charge in [0.05, 0.1) is 6.54 Å². The van der Waals surface area contributed by atoms with Crippen LogP contribution in [0.15, 0.2) is 48.5 Å². The minimum absolute atomic E-state index is 0.199. The van der Waals surface area contributed by atoms with Gasteiger partial charge in [0.2, 0.25) is 11.8 Å². The Balaban J connectivity index is 1.89. The second kappa shape index (κ2) is 10.3. The maximum absolute atomic E-state index is 13.2. The lowest BCUT2D eigenvalue weighted by atomic mass is 9.99. The molecular weight excluding hydrogens is 406 g/mol. The number of amides is 3. The molecule has 170 valence electrons. The quantitative estimate of drug-likeness (QED) is 0.649. The Kier molecular flexibility index (Phi) is 7.51. The zero-order valence-electron chi connectivity index (χ0n) is 19.1. The van der Waals surface area contributed by atoms with Crippen LogP contribution in [-0.2, 0) is 20.9 Å². The van der Waals surface area contributed by atoms with Crippen molar-refractivity contribution in [2.75, 3.05) is 11.9 Å². The first-order valence-electron chi connectivity index (χ1n) is 10.9. The van der Waals surface area contributed by atoms with E-state index in [2.05, 4.69) is 24.5 Å². The van der Waals surface area contributed by atoms with Gasteiger partial charge in [-0.05, 0) is 42.5 Å². The van der Waals surface area contributed by atoms with E-state index in [0.29, 0.717) is 23.7 Å². The number of benzene rings is 2. The lowest BCUT2D eigenvalue weighted by Gasteiger charge is -2.24. The van der Waals surface area contributed by atoms with Crippen LogP contribution in [0.1, 0.15) is 50.0 Å². The van der Waals surface area contributed by atoms with Gasteiger partial charge in [0.25, 0.3) is 0 Å². The standard InChI is InChI=1S/C25H31N3O4/c1-16(2)12-13-26-24(30)22-23(20-6-5-7-21(14-20)27-18(4)29)32-25(31)28(22)15-19-10-8-17(3)9-11-19/h5-11,14,16,22-23H,12-13,15H2,1-4H3,(H,26,30)(H,27,29). The molecule has 2 atom stereocenters. The van der Waals surface area contributed by atoms with Crippen molar-refractivity contribution in [3.05, 3.63) is 65.2 Å². The summed E-state index contributed by atoms with van der Waals surface area (Å²) in [6, 6.07) is 14.1. The van der Waals surface area contributed by atoms with Gasteiger partial charge in [0.15, 0.2) is 12.1 Å². The van der Waals surface area contributed by atoms with E-state index in [0.717, 1.165) is 17.5 Å². The number of cyclic esters (lactones) is 1. The Bertz CT molecular complexity index is 971. The molecule has 32 heavy (non-hydrogen) atoms. The molecule has 3 amide bonds. The third-order valence-corrected chi connectivity index (χ3v) is 5.38. The molecule has 7 nitrogen and oxygen atoms in total. The van der Waals surface area contributed by atoms with Crippen molar-refractivity contribution in [2.24, 2.45) is 5.92 Å². The van der Waals surface area contributed by atoms with Gasteiger partial charge in [-0.2, -0.15) is 0 Å². The van der Waals surface area contributed by atoms with E-state index in [1.54, 1.807) is 24.3 Å². The topological polar surface area (TPSA) is 87.7 Å². The molecule has 0 aliphatic carbocycles. The molecule has 0 aromatic heterocycles. The van der Waals surface area contributed by atoms with Crippen LogP contribution in [0.25, 0.3) is 0 Å². The number of hydrogen-bond acceptors (Lipinski definition) is 4. The number of hydrogen-bond donors (Lipinski definition) is 2. The highest BCUT2D eigenvalue weighted by Gasteiger charge is 2.47. The fourth-order valence-corrected chi connectivity index (χ4v) is 3.69. The van der Waals surface area contributed by atoms with Crippen molar-refractivity contribution < 1.29 is 19.1 Å². The summed E-state index contributed by atoms with van der Waals surface area (Å²) in [6.45, 7) is 8.40. The molecule has 7 heteroatoms. The van der Waals surface area contributed by atoms with E-state index in [-0.39, 0.29) is 18.4 Å². The van der Waals surface area contributed by atoms with Crippen molar-refractivity contribution in [3.8, 4) is 0 Å². The van der Waals surface area contributed by atoms with E-state index < -0.39 is 18.2 Å². The first-order valence-corrected chi connectivity index (χ1v) is 10.9. The third kappa shape index (κ3) is 5.87. The Morgan fingerprint density at radius 3 is 2.50 bits per heavy atom. The average molecular weight is 438 g/mol. The molecule has 3 rings (SSSR count). The van der Waals surface area contributed by atoms with E-state index in [1.165, 1.54) is 11.8 Å². The van der Waals surface area contributed by atoms with Crippen LogP contribution in [0.5, 0.6) is 0 Å². The summed E-state index contributed by atoms with van der Waals surface area (Å²) >= 11 is 0. The smallest absolute Gasteiger partial charge is 0.411 e. The monoisotopic (exact) mass is 437 g/mol. The highest BCUT2D eigenvalue weighted by molar-refractivity contribution is 5.90. The molecule has 1 aliphatic rings. The zero-order chi connectivity index (χ0) is 23.3. The Hall–Kier alpha value is -3.35. The van der Waals surface area contributed by atoms with Crippen LogP contribution < -0.4 is 10.6 Å². The molecule has 0 saturated carbocycles. The van der Waals surface area contributed by atoms with Crippen LogP contribution in [0.3, 0.4) is 0 Å². The number of nitrogens with one attached hydrogen (secondary N) is 2. The van der Waals surface area contributed by atoms with Crippen LogP contribution in [0.4, 0.5) is 10.5 Å². The molecule has 2 unspecified atom stereocenters. The minimum atomic E-state index is -0.816. The van der Waals surface area contributed by atoms with E-state index in [1.807, 2.05) is 31.2 Å². The SMILES string of the molecule is CC(=O)Nc1cccc(C2OC(=O)N(Cc3ccc(C)cc3)C2C(=O)NCCC(C)C)c1. The molecule has 0 spiro atoms. The first kappa shape index (κ1) is 23.3. The van der Waals surface area contributed by atoms with Gasteiger partial charge in [-0.25, -0.2) is 4.79 Å². The number of aryl methyl sites for hydroxylation is 1. The van der Waals surface area contributed by atoms with Crippen molar-refractivity contribution in [3.63, 3.8) is 0 Å². The Morgan fingerprint density at radius 1 is 1.12 bits per heavy atom. The number of carbonyl (C=O) groups excluding carboxylic acids is 3. The molecule has 1 saturated heterocycles. The van der Waals surface area contributed by atoms with Gasteiger partial charge in [0.1, 0.15) is 0 Å². The minimum Gasteiger partial charge on any atom is -0.438 e. The summed E-state index contributed by atoms with van der Waals surface area (Å²) < 4.78 is 5.69. The number of anilines is 1. The van der Waals surface area contributed by atoms with Gasteiger partial charge in [-0.1, -0.05) is 55.8 Å². The highest BCUT2D eigenvalue weighted by atomic mass is 16.6. The van der Waals surface area contributed by atoms with E-state index in [4.69, 9.17) is 4.74 Å². The van der Waals surface area contributed by atoms with E-state index in [9.17, 15) is 14.4 Å². The number of ether oxygens (including phenoxy) is 1. The number of nitrogens with zero attached hydrogens (tertiary/aromatic N) is 1. The molecular formula is C25H31N3O4. The molecule has 0 bridgehead atoms.